The Bertz CT molecular complexity index is 545. The Morgan fingerprint density at radius 1 is 1.07 bits per heavy atom. The fourth-order valence-corrected chi connectivity index (χ4v) is 4.61. The van der Waals surface area contributed by atoms with Crippen molar-refractivity contribution in [2.75, 3.05) is 19.8 Å². The number of benzene rings is 1. The summed E-state index contributed by atoms with van der Waals surface area (Å²) in [6.07, 6.45) is 4.95. The third kappa shape index (κ3) is 8.61. The van der Waals surface area contributed by atoms with E-state index < -0.39 is 8.60 Å². The van der Waals surface area contributed by atoms with Gasteiger partial charge in [0.25, 0.3) is 0 Å². The van der Waals surface area contributed by atoms with Crippen LogP contribution < -0.4 is 4.52 Å². The van der Waals surface area contributed by atoms with E-state index >= 15 is 0 Å². The Labute approximate surface area is 173 Å². The summed E-state index contributed by atoms with van der Waals surface area (Å²) in [5.74, 6) is 2.25. The van der Waals surface area contributed by atoms with Gasteiger partial charge >= 0.3 is 8.60 Å². The van der Waals surface area contributed by atoms with Gasteiger partial charge in [0.1, 0.15) is 5.75 Å². The molecule has 0 aromatic heterocycles. The van der Waals surface area contributed by atoms with E-state index in [9.17, 15) is 0 Å². The van der Waals surface area contributed by atoms with E-state index in [-0.39, 0.29) is 9.03 Å². The minimum absolute atomic E-state index is 0.119. The van der Waals surface area contributed by atoms with Crippen molar-refractivity contribution in [3.8, 4) is 5.75 Å². The van der Waals surface area contributed by atoms with E-state index in [0.29, 0.717) is 37.6 Å². The maximum absolute atomic E-state index is 5.87. The first-order valence-corrected chi connectivity index (χ1v) is 12.4. The zero-order chi connectivity index (χ0) is 20.2. The van der Waals surface area contributed by atoms with E-state index in [1.54, 1.807) is 0 Å². The highest BCUT2D eigenvalue weighted by molar-refractivity contribution is 7.42. The lowest BCUT2D eigenvalue weighted by molar-refractivity contribution is 0.128. The molecule has 0 fully saturated rings. The highest BCUT2D eigenvalue weighted by Gasteiger charge is 2.24. The van der Waals surface area contributed by atoms with Gasteiger partial charge in [0.05, 0.1) is 26.4 Å². The average Bonchev–Trinajstić information content (AvgIpc) is 2.73. The second-order valence-electron chi connectivity index (χ2n) is 7.57. The van der Waals surface area contributed by atoms with Crippen LogP contribution in [0, 0.1) is 17.8 Å². The van der Waals surface area contributed by atoms with E-state index in [2.05, 4.69) is 27.7 Å². The zero-order valence-electron chi connectivity index (χ0n) is 17.7. The van der Waals surface area contributed by atoms with Crippen LogP contribution in [0.4, 0.5) is 0 Å². The number of unbranched alkanes of at least 4 members (excludes halogenated alkanes) is 1. The Kier molecular flexibility index (Phi) is 11.9. The molecule has 2 rings (SSSR count). The van der Waals surface area contributed by atoms with E-state index in [4.69, 9.17) is 22.6 Å². The Morgan fingerprint density at radius 2 is 1.82 bits per heavy atom. The molecular formula is C21H36O5P2. The fraction of sp³-hybridized carbons (Fsp3) is 0.714. The molecule has 0 saturated carbocycles. The van der Waals surface area contributed by atoms with Crippen molar-refractivity contribution < 1.29 is 22.6 Å². The minimum Gasteiger partial charge on any atom is -0.426 e. The molecule has 1 aromatic rings. The van der Waals surface area contributed by atoms with Crippen LogP contribution >= 0.6 is 17.6 Å². The van der Waals surface area contributed by atoms with Gasteiger partial charge < -0.3 is 18.1 Å². The monoisotopic (exact) mass is 430 g/mol. The van der Waals surface area contributed by atoms with Gasteiger partial charge in [-0.05, 0) is 30.2 Å². The van der Waals surface area contributed by atoms with E-state index in [0.717, 1.165) is 17.9 Å². The lowest BCUT2D eigenvalue weighted by Crippen LogP contribution is -2.18. The number of rotatable bonds is 14. The summed E-state index contributed by atoms with van der Waals surface area (Å²) in [6.45, 7) is 11.4. The van der Waals surface area contributed by atoms with Crippen LogP contribution in [0.5, 0.6) is 5.75 Å². The van der Waals surface area contributed by atoms with E-state index in [1.165, 1.54) is 25.7 Å². The third-order valence-corrected chi connectivity index (χ3v) is 6.83. The zero-order valence-corrected chi connectivity index (χ0v) is 19.6. The maximum Gasteiger partial charge on any atom is 0.397 e. The fourth-order valence-electron chi connectivity index (χ4n) is 2.77. The Balaban J connectivity index is 1.56. The first kappa shape index (κ1) is 24.0. The van der Waals surface area contributed by atoms with Crippen molar-refractivity contribution in [2.45, 2.75) is 60.0 Å². The van der Waals surface area contributed by atoms with Crippen LogP contribution in [0.2, 0.25) is 0 Å². The quantitative estimate of drug-likeness (QED) is 0.238. The molecule has 7 heteroatoms. The summed E-state index contributed by atoms with van der Waals surface area (Å²) in [5, 5.41) is 0. The van der Waals surface area contributed by atoms with Crippen molar-refractivity contribution in [3.63, 3.8) is 0 Å². The summed E-state index contributed by atoms with van der Waals surface area (Å²) in [4.78, 5) is 0. The maximum atomic E-state index is 5.87. The first-order valence-electron chi connectivity index (χ1n) is 10.4. The molecule has 1 aliphatic heterocycles. The molecule has 5 unspecified atom stereocenters. The minimum atomic E-state index is -1.31. The van der Waals surface area contributed by atoms with Crippen molar-refractivity contribution in [1.82, 2.24) is 0 Å². The number of fused-ring (bicyclic) bond motifs is 1. The molecule has 28 heavy (non-hydrogen) atoms. The SMILES string of the molecule is CCCCC(CC)COPOCC(C)C(C)COP1OCc2ccccc2O1. The topological polar surface area (TPSA) is 46.2 Å². The van der Waals surface area contributed by atoms with Crippen molar-refractivity contribution in [2.24, 2.45) is 17.8 Å². The van der Waals surface area contributed by atoms with Crippen LogP contribution in [0.25, 0.3) is 0 Å². The van der Waals surface area contributed by atoms with Gasteiger partial charge in [-0.25, -0.2) is 0 Å². The van der Waals surface area contributed by atoms with Crippen LogP contribution in [0.3, 0.4) is 0 Å². The molecule has 0 aliphatic carbocycles. The summed E-state index contributed by atoms with van der Waals surface area (Å²) in [7, 11) is -1.19. The molecular weight excluding hydrogens is 394 g/mol. The lowest BCUT2D eigenvalue weighted by Gasteiger charge is -2.26. The van der Waals surface area contributed by atoms with Crippen molar-refractivity contribution in [1.29, 1.82) is 0 Å². The van der Waals surface area contributed by atoms with Gasteiger partial charge in [-0.2, -0.15) is 0 Å². The summed E-state index contributed by atoms with van der Waals surface area (Å²) in [6, 6.07) is 7.93. The molecule has 160 valence electrons. The smallest absolute Gasteiger partial charge is 0.397 e. The van der Waals surface area contributed by atoms with Crippen LogP contribution in [0.15, 0.2) is 24.3 Å². The third-order valence-electron chi connectivity index (χ3n) is 5.21. The second kappa shape index (κ2) is 13.9. The molecule has 1 aliphatic rings. The number of hydrogen-bond acceptors (Lipinski definition) is 5. The summed E-state index contributed by atoms with van der Waals surface area (Å²) < 4.78 is 28.8. The Morgan fingerprint density at radius 3 is 2.61 bits per heavy atom. The molecule has 0 spiro atoms. The van der Waals surface area contributed by atoms with Crippen molar-refractivity contribution in [3.05, 3.63) is 29.8 Å². The lowest BCUT2D eigenvalue weighted by atomic mass is 9.98. The van der Waals surface area contributed by atoms with Gasteiger partial charge in [0.2, 0.25) is 0 Å². The predicted octanol–water partition coefficient (Wildman–Crippen LogP) is 6.87. The number of para-hydroxylation sites is 1. The van der Waals surface area contributed by atoms with Gasteiger partial charge in [0, 0.05) is 5.56 Å². The highest BCUT2D eigenvalue weighted by atomic mass is 31.2. The molecule has 0 amide bonds. The average molecular weight is 430 g/mol. The molecule has 0 radical (unpaired) electrons. The molecule has 5 atom stereocenters. The van der Waals surface area contributed by atoms with E-state index in [1.807, 2.05) is 24.3 Å². The second-order valence-corrected chi connectivity index (χ2v) is 9.46. The van der Waals surface area contributed by atoms with Crippen LogP contribution in [-0.2, 0) is 24.7 Å². The van der Waals surface area contributed by atoms with Crippen LogP contribution in [0.1, 0.15) is 58.9 Å². The molecule has 0 N–H and O–H groups in total. The number of hydrogen-bond donors (Lipinski definition) is 0. The van der Waals surface area contributed by atoms with Gasteiger partial charge in [0.15, 0.2) is 9.03 Å². The largest absolute Gasteiger partial charge is 0.426 e. The predicted molar refractivity (Wildman–Crippen MR) is 117 cm³/mol. The normalized spacial score (nSPS) is 19.9. The van der Waals surface area contributed by atoms with Crippen LogP contribution in [-0.4, -0.2) is 19.8 Å². The van der Waals surface area contributed by atoms with Crippen molar-refractivity contribution >= 4 is 17.6 Å². The molecule has 1 heterocycles. The van der Waals surface area contributed by atoms with Gasteiger partial charge in [-0.15, -0.1) is 0 Å². The molecule has 5 nitrogen and oxygen atoms in total. The molecule has 1 aromatic carbocycles. The highest BCUT2D eigenvalue weighted by Crippen LogP contribution is 2.47. The molecule has 0 saturated heterocycles. The molecule has 0 bridgehead atoms. The summed E-state index contributed by atoms with van der Waals surface area (Å²) >= 11 is 0. The summed E-state index contributed by atoms with van der Waals surface area (Å²) in [5.41, 5.74) is 1.07. The first-order chi connectivity index (χ1) is 13.6. The Hall–Kier alpha value is -0.280. The standard InChI is InChI=1S/C21H36O5P2/c1-5-7-10-19(6-2)15-23-27-22-13-17(3)18(4)14-24-28-25-16-20-11-8-9-12-21(20)26-28/h8-9,11-12,17-19,27H,5-7,10,13-16H2,1-4H3. The van der Waals surface area contributed by atoms with Gasteiger partial charge in [-0.1, -0.05) is 65.2 Å². The van der Waals surface area contributed by atoms with Gasteiger partial charge in [-0.3, -0.25) is 4.52 Å².